The first kappa shape index (κ1) is 18.4. The molecule has 1 N–H and O–H groups in total. The predicted octanol–water partition coefficient (Wildman–Crippen LogP) is 2.90. The van der Waals surface area contributed by atoms with E-state index in [1.54, 1.807) is 36.4 Å². The first-order valence-electron chi connectivity index (χ1n) is 8.38. The van der Waals surface area contributed by atoms with Gasteiger partial charge < -0.3 is 14.8 Å². The summed E-state index contributed by atoms with van der Waals surface area (Å²) in [7, 11) is -3.25. The molecule has 0 spiro atoms. The molecule has 26 heavy (non-hydrogen) atoms. The minimum atomic E-state index is -3.25. The highest BCUT2D eigenvalue weighted by molar-refractivity contribution is 7.90. The lowest BCUT2D eigenvalue weighted by molar-refractivity contribution is 0.0679. The lowest BCUT2D eigenvalue weighted by atomic mass is 10.2. The van der Waals surface area contributed by atoms with Gasteiger partial charge in [0, 0.05) is 24.1 Å². The van der Waals surface area contributed by atoms with Crippen LogP contribution in [0.2, 0.25) is 0 Å². The monoisotopic (exact) mass is 375 g/mol. The molecule has 0 bridgehead atoms. The minimum absolute atomic E-state index is 0.146. The van der Waals surface area contributed by atoms with E-state index in [0.29, 0.717) is 23.6 Å². The average molecular weight is 375 g/mol. The molecule has 2 aromatic carbocycles. The molecular formula is C19H21NO5S. The molecule has 0 radical (unpaired) electrons. The van der Waals surface area contributed by atoms with Gasteiger partial charge in [0.25, 0.3) is 5.91 Å². The van der Waals surface area contributed by atoms with Gasteiger partial charge in [-0.2, -0.15) is 0 Å². The van der Waals surface area contributed by atoms with Crippen molar-refractivity contribution in [3.63, 3.8) is 0 Å². The number of anilines is 1. The zero-order valence-corrected chi connectivity index (χ0v) is 15.3. The number of hydrogen-bond acceptors (Lipinski definition) is 5. The fraction of sp³-hybridized carbons (Fsp3) is 0.316. The second-order valence-corrected chi connectivity index (χ2v) is 8.24. The molecular weight excluding hydrogens is 354 g/mol. The first-order chi connectivity index (χ1) is 12.4. The summed E-state index contributed by atoms with van der Waals surface area (Å²) in [5.41, 5.74) is 1.02. The maximum Gasteiger partial charge on any atom is 0.255 e. The van der Waals surface area contributed by atoms with E-state index in [2.05, 4.69) is 5.32 Å². The van der Waals surface area contributed by atoms with Gasteiger partial charge in [0.1, 0.15) is 12.4 Å². The largest absolute Gasteiger partial charge is 0.491 e. The molecule has 1 aliphatic heterocycles. The quantitative estimate of drug-likeness (QED) is 0.840. The van der Waals surface area contributed by atoms with Gasteiger partial charge in [-0.05, 0) is 61.4 Å². The Kier molecular flexibility index (Phi) is 5.58. The predicted molar refractivity (Wildman–Crippen MR) is 98.4 cm³/mol. The fourth-order valence-electron chi connectivity index (χ4n) is 2.66. The van der Waals surface area contributed by atoms with Crippen LogP contribution in [0.4, 0.5) is 5.69 Å². The molecule has 0 aromatic heterocycles. The van der Waals surface area contributed by atoms with Gasteiger partial charge in [-0.3, -0.25) is 4.79 Å². The smallest absolute Gasteiger partial charge is 0.255 e. The highest BCUT2D eigenvalue weighted by atomic mass is 32.2. The van der Waals surface area contributed by atoms with Gasteiger partial charge in [0.2, 0.25) is 0 Å². The molecule has 1 heterocycles. The van der Waals surface area contributed by atoms with Crippen LogP contribution in [-0.2, 0) is 14.6 Å². The van der Waals surface area contributed by atoms with E-state index in [1.807, 2.05) is 0 Å². The maximum absolute atomic E-state index is 12.3. The van der Waals surface area contributed by atoms with E-state index in [4.69, 9.17) is 9.47 Å². The number of nitrogens with one attached hydrogen (secondary N) is 1. The van der Waals surface area contributed by atoms with Crippen molar-refractivity contribution >= 4 is 21.4 Å². The van der Waals surface area contributed by atoms with E-state index >= 15 is 0 Å². The highest BCUT2D eigenvalue weighted by Gasteiger charge is 2.16. The van der Waals surface area contributed by atoms with Crippen molar-refractivity contribution in [1.29, 1.82) is 0 Å². The summed E-state index contributed by atoms with van der Waals surface area (Å²) in [4.78, 5) is 12.5. The zero-order valence-electron chi connectivity index (χ0n) is 14.5. The SMILES string of the molecule is CS(=O)(=O)c1ccc(NC(=O)c2ccc(OC[C@H]3CCCO3)cc2)cc1. The van der Waals surface area contributed by atoms with E-state index in [9.17, 15) is 13.2 Å². The molecule has 2 aromatic rings. The summed E-state index contributed by atoms with van der Waals surface area (Å²) in [6, 6.07) is 12.9. The van der Waals surface area contributed by atoms with Gasteiger partial charge in [0.15, 0.2) is 9.84 Å². The molecule has 0 saturated carbocycles. The number of rotatable bonds is 6. The Bertz CT molecular complexity index is 854. The third-order valence-corrected chi connectivity index (χ3v) is 5.25. The average Bonchev–Trinajstić information content (AvgIpc) is 3.13. The topological polar surface area (TPSA) is 81.7 Å². The molecule has 1 amide bonds. The van der Waals surface area contributed by atoms with E-state index in [-0.39, 0.29) is 16.9 Å². The van der Waals surface area contributed by atoms with E-state index in [0.717, 1.165) is 25.7 Å². The molecule has 0 aliphatic carbocycles. The third kappa shape index (κ3) is 4.83. The standard InChI is InChI=1S/C19H21NO5S/c1-26(22,23)18-10-6-15(7-11-18)20-19(21)14-4-8-16(9-5-14)25-13-17-3-2-12-24-17/h4-11,17H,2-3,12-13H2,1H3,(H,20,21)/t17-/m1/s1. The maximum atomic E-state index is 12.3. The second-order valence-electron chi connectivity index (χ2n) is 6.22. The molecule has 1 fully saturated rings. The Morgan fingerprint density at radius 3 is 2.42 bits per heavy atom. The third-order valence-electron chi connectivity index (χ3n) is 4.12. The van der Waals surface area contributed by atoms with Gasteiger partial charge in [0.05, 0.1) is 11.0 Å². The van der Waals surface area contributed by atoms with Crippen LogP contribution in [0.15, 0.2) is 53.4 Å². The molecule has 1 saturated heterocycles. The number of hydrogen-bond donors (Lipinski definition) is 1. The van der Waals surface area contributed by atoms with Gasteiger partial charge in [-0.1, -0.05) is 0 Å². The van der Waals surface area contributed by atoms with Crippen LogP contribution in [0.5, 0.6) is 5.75 Å². The van der Waals surface area contributed by atoms with Crippen molar-refractivity contribution in [3.05, 3.63) is 54.1 Å². The molecule has 0 unspecified atom stereocenters. The summed E-state index contributed by atoms with van der Waals surface area (Å²) >= 11 is 0. The van der Waals surface area contributed by atoms with Crippen molar-refractivity contribution in [2.75, 3.05) is 24.8 Å². The van der Waals surface area contributed by atoms with Crippen molar-refractivity contribution in [2.45, 2.75) is 23.8 Å². The molecule has 1 atom stereocenters. The highest BCUT2D eigenvalue weighted by Crippen LogP contribution is 2.18. The second kappa shape index (κ2) is 7.88. The number of sulfone groups is 1. The summed E-state index contributed by atoms with van der Waals surface area (Å²) in [5.74, 6) is 0.414. The summed E-state index contributed by atoms with van der Waals surface area (Å²) in [5, 5.41) is 2.74. The van der Waals surface area contributed by atoms with Crippen LogP contribution in [0, 0.1) is 0 Å². The lowest BCUT2D eigenvalue weighted by Crippen LogP contribution is -2.16. The van der Waals surface area contributed by atoms with Crippen molar-refractivity contribution in [3.8, 4) is 5.75 Å². The van der Waals surface area contributed by atoms with Gasteiger partial charge >= 0.3 is 0 Å². The molecule has 138 valence electrons. The number of ether oxygens (including phenoxy) is 2. The Morgan fingerprint density at radius 2 is 1.85 bits per heavy atom. The number of carbonyl (C=O) groups excluding carboxylic acids is 1. The van der Waals surface area contributed by atoms with Crippen LogP contribution in [0.1, 0.15) is 23.2 Å². The Labute approximate surface area is 153 Å². The van der Waals surface area contributed by atoms with E-state index in [1.165, 1.54) is 12.1 Å². The van der Waals surface area contributed by atoms with Gasteiger partial charge in [-0.25, -0.2) is 8.42 Å². The normalized spacial score (nSPS) is 17.0. The number of amides is 1. The summed E-state index contributed by atoms with van der Waals surface area (Å²) < 4.78 is 34.1. The zero-order chi connectivity index (χ0) is 18.6. The summed E-state index contributed by atoms with van der Waals surface area (Å²) in [6.45, 7) is 1.30. The summed E-state index contributed by atoms with van der Waals surface area (Å²) in [6.07, 6.45) is 3.37. The fourth-order valence-corrected chi connectivity index (χ4v) is 3.29. The first-order valence-corrected chi connectivity index (χ1v) is 10.3. The van der Waals surface area contributed by atoms with Crippen LogP contribution in [-0.4, -0.2) is 39.9 Å². The van der Waals surface area contributed by atoms with Crippen molar-refractivity contribution < 1.29 is 22.7 Å². The van der Waals surface area contributed by atoms with Crippen molar-refractivity contribution in [1.82, 2.24) is 0 Å². The Hall–Kier alpha value is -2.38. The van der Waals surface area contributed by atoms with Crippen LogP contribution in [0.25, 0.3) is 0 Å². The van der Waals surface area contributed by atoms with E-state index < -0.39 is 9.84 Å². The lowest BCUT2D eigenvalue weighted by Gasteiger charge is -2.12. The molecule has 3 rings (SSSR count). The Balaban J connectivity index is 1.57. The minimum Gasteiger partial charge on any atom is -0.491 e. The van der Waals surface area contributed by atoms with Crippen LogP contribution in [0.3, 0.4) is 0 Å². The number of benzene rings is 2. The molecule has 7 heteroatoms. The molecule has 6 nitrogen and oxygen atoms in total. The van der Waals surface area contributed by atoms with Crippen molar-refractivity contribution in [2.24, 2.45) is 0 Å². The van der Waals surface area contributed by atoms with Crippen LogP contribution >= 0.6 is 0 Å². The number of carbonyl (C=O) groups is 1. The Morgan fingerprint density at radius 1 is 1.15 bits per heavy atom. The molecule has 1 aliphatic rings. The van der Waals surface area contributed by atoms with Crippen LogP contribution < -0.4 is 10.1 Å². The van der Waals surface area contributed by atoms with Gasteiger partial charge in [-0.15, -0.1) is 0 Å².